The smallest absolute Gasteiger partial charge is 0.205 e. The number of nitrogens with zero attached hydrogens (tertiary/aromatic N) is 3. The van der Waals surface area contributed by atoms with Gasteiger partial charge in [-0.1, -0.05) is 46.1 Å². The van der Waals surface area contributed by atoms with Gasteiger partial charge in [0.25, 0.3) is 0 Å². The molecule has 0 aliphatic heterocycles. The molecule has 0 saturated carbocycles. The summed E-state index contributed by atoms with van der Waals surface area (Å²) in [6, 6.07) is 6.83. The first-order valence-corrected chi connectivity index (χ1v) is 7.71. The molecule has 1 aromatic carbocycles. The fourth-order valence-corrected chi connectivity index (χ4v) is 3.53. The first kappa shape index (κ1) is 14.5. The number of hydrogen-bond donors (Lipinski definition) is 1. The Kier molecular flexibility index (Phi) is 3.99. The molecule has 0 saturated heterocycles. The van der Waals surface area contributed by atoms with Crippen molar-refractivity contribution in [1.82, 2.24) is 14.8 Å². The molecule has 0 aliphatic rings. The monoisotopic (exact) mass is 356 g/mol. The van der Waals surface area contributed by atoms with Crippen LogP contribution in [-0.4, -0.2) is 14.8 Å². The van der Waals surface area contributed by atoms with Crippen molar-refractivity contribution in [2.45, 2.75) is 0 Å². The number of aromatic nitrogens is 3. The van der Waals surface area contributed by atoms with Gasteiger partial charge in [-0.3, -0.25) is 10.4 Å². The fraction of sp³-hybridized carbons (Fsp3) is 0. The minimum atomic E-state index is 0.208. The molecule has 1 N–H and O–H groups in total. The van der Waals surface area contributed by atoms with Crippen LogP contribution in [0.1, 0.15) is 0 Å². The molecule has 2 heterocycles. The summed E-state index contributed by atoms with van der Waals surface area (Å²) in [6.07, 6.45) is 3.37. The largest absolute Gasteiger partial charge is 0.273 e. The zero-order valence-electron chi connectivity index (χ0n) is 10.3. The van der Waals surface area contributed by atoms with Crippen molar-refractivity contribution in [2.24, 2.45) is 0 Å². The number of benzene rings is 1. The van der Waals surface area contributed by atoms with Gasteiger partial charge in [0, 0.05) is 23.0 Å². The molecule has 21 heavy (non-hydrogen) atoms. The van der Waals surface area contributed by atoms with Crippen LogP contribution >= 0.6 is 46.1 Å². The SMILES string of the molecule is N=c1sc(-c2cccnc2)nn1-c1c(Cl)cc(Cl)cc1Cl. The Balaban J connectivity index is 2.18. The van der Waals surface area contributed by atoms with Crippen LogP contribution in [0.15, 0.2) is 36.7 Å². The zero-order valence-corrected chi connectivity index (χ0v) is 13.4. The average molecular weight is 358 g/mol. The van der Waals surface area contributed by atoms with Crippen LogP contribution in [0.3, 0.4) is 0 Å². The lowest BCUT2D eigenvalue weighted by molar-refractivity contribution is 0.825. The van der Waals surface area contributed by atoms with Crippen LogP contribution in [0.2, 0.25) is 15.1 Å². The Morgan fingerprint density at radius 2 is 1.86 bits per heavy atom. The van der Waals surface area contributed by atoms with Gasteiger partial charge in [-0.15, -0.1) is 0 Å². The van der Waals surface area contributed by atoms with E-state index in [-0.39, 0.29) is 4.80 Å². The Labute approximate surface area is 139 Å². The van der Waals surface area contributed by atoms with E-state index >= 15 is 0 Å². The quantitative estimate of drug-likeness (QED) is 0.737. The summed E-state index contributed by atoms with van der Waals surface area (Å²) in [4.78, 5) is 4.25. The number of nitrogens with one attached hydrogen (secondary N) is 1. The summed E-state index contributed by atoms with van der Waals surface area (Å²) in [7, 11) is 0. The highest BCUT2D eigenvalue weighted by molar-refractivity contribution is 7.12. The standard InChI is InChI=1S/C13H7Cl3N4S/c14-8-4-9(15)11(10(16)5-8)20-13(17)21-12(19-20)7-2-1-3-18-6-7/h1-6,17H. The third-order valence-corrected chi connectivity index (χ3v) is 4.35. The maximum atomic E-state index is 8.07. The lowest BCUT2D eigenvalue weighted by atomic mass is 10.3. The maximum Gasteiger partial charge on any atom is 0.205 e. The minimum absolute atomic E-state index is 0.208. The van der Waals surface area contributed by atoms with E-state index in [2.05, 4.69) is 10.1 Å². The third kappa shape index (κ3) is 2.82. The van der Waals surface area contributed by atoms with Gasteiger partial charge in [-0.25, -0.2) is 4.68 Å². The molecule has 2 aromatic heterocycles. The molecule has 0 unspecified atom stereocenters. The molecule has 3 rings (SSSR count). The van der Waals surface area contributed by atoms with Gasteiger partial charge in [0.1, 0.15) is 10.7 Å². The average Bonchev–Trinajstić information content (AvgIpc) is 2.81. The van der Waals surface area contributed by atoms with Crippen molar-refractivity contribution in [2.75, 3.05) is 0 Å². The summed E-state index contributed by atoms with van der Waals surface area (Å²) in [5, 5.41) is 14.3. The molecule has 0 radical (unpaired) electrons. The van der Waals surface area contributed by atoms with Crippen molar-refractivity contribution in [3.63, 3.8) is 0 Å². The fourth-order valence-electron chi connectivity index (χ4n) is 1.79. The molecule has 4 nitrogen and oxygen atoms in total. The number of rotatable bonds is 2. The van der Waals surface area contributed by atoms with Crippen LogP contribution in [0.4, 0.5) is 0 Å². The molecule has 8 heteroatoms. The summed E-state index contributed by atoms with van der Waals surface area (Å²) in [6.45, 7) is 0. The Hall–Kier alpha value is -1.40. The van der Waals surface area contributed by atoms with Crippen LogP contribution in [0, 0.1) is 5.41 Å². The Bertz CT molecular complexity index is 834. The van der Waals surface area contributed by atoms with E-state index in [1.54, 1.807) is 24.5 Å². The van der Waals surface area contributed by atoms with Crippen LogP contribution in [0.25, 0.3) is 16.3 Å². The van der Waals surface area contributed by atoms with E-state index in [4.69, 9.17) is 40.2 Å². The van der Waals surface area contributed by atoms with Crippen molar-refractivity contribution < 1.29 is 0 Å². The van der Waals surface area contributed by atoms with Gasteiger partial charge in [0.15, 0.2) is 0 Å². The predicted octanol–water partition coefficient (Wildman–Crippen LogP) is 4.44. The molecule has 0 fully saturated rings. The van der Waals surface area contributed by atoms with Crippen LogP contribution in [-0.2, 0) is 0 Å². The maximum absolute atomic E-state index is 8.07. The number of halogens is 3. The van der Waals surface area contributed by atoms with Gasteiger partial charge in [0.05, 0.1) is 10.0 Å². The molecule has 0 atom stereocenters. The van der Waals surface area contributed by atoms with Gasteiger partial charge in [-0.2, -0.15) is 5.10 Å². The van der Waals surface area contributed by atoms with Gasteiger partial charge < -0.3 is 0 Å². The van der Waals surface area contributed by atoms with Gasteiger partial charge in [0.2, 0.25) is 4.80 Å². The zero-order chi connectivity index (χ0) is 15.0. The Morgan fingerprint density at radius 3 is 2.48 bits per heavy atom. The normalized spacial score (nSPS) is 10.8. The molecule has 0 spiro atoms. The number of pyridine rings is 1. The summed E-state index contributed by atoms with van der Waals surface area (Å²) in [5.74, 6) is 0. The van der Waals surface area contributed by atoms with Crippen LogP contribution in [0.5, 0.6) is 0 Å². The third-order valence-electron chi connectivity index (χ3n) is 2.68. The number of hydrogen-bond acceptors (Lipinski definition) is 4. The van der Waals surface area contributed by atoms with E-state index in [0.29, 0.717) is 25.8 Å². The highest BCUT2D eigenvalue weighted by Gasteiger charge is 2.15. The Morgan fingerprint density at radius 1 is 1.14 bits per heavy atom. The van der Waals surface area contributed by atoms with E-state index in [1.165, 1.54) is 16.0 Å². The summed E-state index contributed by atoms with van der Waals surface area (Å²) < 4.78 is 1.40. The van der Waals surface area contributed by atoms with Crippen LogP contribution < -0.4 is 4.80 Å². The second-order valence-corrected chi connectivity index (χ2v) is 6.31. The molecule has 0 amide bonds. The van der Waals surface area contributed by atoms with E-state index in [1.807, 2.05) is 12.1 Å². The summed E-state index contributed by atoms with van der Waals surface area (Å²) in [5.41, 5.74) is 1.27. The first-order chi connectivity index (χ1) is 10.1. The predicted molar refractivity (Wildman–Crippen MR) is 85.6 cm³/mol. The highest BCUT2D eigenvalue weighted by Crippen LogP contribution is 2.32. The topological polar surface area (TPSA) is 54.6 Å². The van der Waals surface area contributed by atoms with E-state index < -0.39 is 0 Å². The highest BCUT2D eigenvalue weighted by atomic mass is 35.5. The molecule has 0 aliphatic carbocycles. The molecule has 3 aromatic rings. The van der Waals surface area contributed by atoms with Crippen molar-refractivity contribution >= 4 is 46.1 Å². The van der Waals surface area contributed by atoms with Crippen molar-refractivity contribution in [1.29, 1.82) is 5.41 Å². The minimum Gasteiger partial charge on any atom is -0.273 e. The second-order valence-electron chi connectivity index (χ2n) is 4.08. The molecular formula is C13H7Cl3N4S. The summed E-state index contributed by atoms with van der Waals surface area (Å²) >= 11 is 19.5. The van der Waals surface area contributed by atoms with Gasteiger partial charge in [-0.05, 0) is 24.3 Å². The first-order valence-electron chi connectivity index (χ1n) is 5.76. The van der Waals surface area contributed by atoms with E-state index in [9.17, 15) is 0 Å². The lowest BCUT2D eigenvalue weighted by Crippen LogP contribution is -2.13. The molecular weight excluding hydrogens is 351 g/mol. The van der Waals surface area contributed by atoms with Crippen molar-refractivity contribution in [3.05, 3.63) is 56.5 Å². The second kappa shape index (κ2) is 5.77. The van der Waals surface area contributed by atoms with Gasteiger partial charge >= 0.3 is 0 Å². The molecule has 0 bridgehead atoms. The van der Waals surface area contributed by atoms with E-state index in [0.717, 1.165) is 5.56 Å². The van der Waals surface area contributed by atoms with Crippen molar-refractivity contribution in [3.8, 4) is 16.3 Å². The lowest BCUT2D eigenvalue weighted by Gasteiger charge is -2.07. The molecule has 106 valence electrons.